The lowest BCUT2D eigenvalue weighted by molar-refractivity contribution is 0.0613. The van der Waals surface area contributed by atoms with Gasteiger partial charge >= 0.3 is 0 Å². The van der Waals surface area contributed by atoms with E-state index in [1.165, 1.54) is 6.33 Å². The number of hydrogen-bond acceptors (Lipinski definition) is 8. The van der Waals surface area contributed by atoms with Gasteiger partial charge in [0.2, 0.25) is 0 Å². The Morgan fingerprint density at radius 3 is 2.61 bits per heavy atom. The number of likely N-dealkylation sites (N-methyl/N-ethyl adjacent to an activating group) is 1. The SMILES string of the molecule is CN1CCN(C2CCC(C)(n3nc(-c4ccc(NC(=O)c5cc6ccccc6[nH]5)c(CO)c4)c4c(N)ncnc43)CC2)CC1. The third-order valence-corrected chi connectivity index (χ3v) is 9.66. The van der Waals surface area contributed by atoms with Crippen molar-refractivity contribution >= 4 is 39.3 Å². The fourth-order valence-electron chi connectivity index (χ4n) is 6.92. The number of nitrogens with zero attached hydrogens (tertiary/aromatic N) is 6. The lowest BCUT2D eigenvalue weighted by Crippen LogP contribution is -2.51. The smallest absolute Gasteiger partial charge is 0.272 e. The fourth-order valence-corrected chi connectivity index (χ4v) is 6.92. The highest BCUT2D eigenvalue weighted by molar-refractivity contribution is 6.06. The first-order valence-electron chi connectivity index (χ1n) is 15.4. The summed E-state index contributed by atoms with van der Waals surface area (Å²) in [7, 11) is 2.20. The maximum Gasteiger partial charge on any atom is 0.272 e. The summed E-state index contributed by atoms with van der Waals surface area (Å²) in [5.74, 6) is 0.0869. The molecule has 3 aromatic heterocycles. The summed E-state index contributed by atoms with van der Waals surface area (Å²) in [6.45, 7) is 6.51. The number of benzene rings is 2. The topological polar surface area (TPSA) is 141 Å². The lowest BCUT2D eigenvalue weighted by Gasteiger charge is -2.44. The van der Waals surface area contributed by atoms with E-state index in [4.69, 9.17) is 10.8 Å². The Morgan fingerprint density at radius 2 is 1.86 bits per heavy atom. The Kier molecular flexibility index (Phi) is 7.31. The first-order chi connectivity index (χ1) is 21.3. The van der Waals surface area contributed by atoms with Crippen molar-refractivity contribution in [2.45, 2.75) is 50.8 Å². The van der Waals surface area contributed by atoms with Gasteiger partial charge in [-0.05, 0) is 63.9 Å². The molecule has 1 aliphatic carbocycles. The van der Waals surface area contributed by atoms with Gasteiger partial charge in [-0.3, -0.25) is 9.69 Å². The molecule has 11 nitrogen and oxygen atoms in total. The molecule has 0 unspecified atom stereocenters. The average molecular weight is 594 g/mol. The lowest BCUT2D eigenvalue weighted by atomic mass is 9.80. The molecule has 0 radical (unpaired) electrons. The molecule has 0 bridgehead atoms. The van der Waals surface area contributed by atoms with Gasteiger partial charge in [0.25, 0.3) is 5.91 Å². The molecule has 2 aliphatic rings. The van der Waals surface area contributed by atoms with Gasteiger partial charge in [-0.2, -0.15) is 5.10 Å². The van der Waals surface area contributed by atoms with Crippen LogP contribution in [0.1, 0.15) is 48.7 Å². The Labute approximate surface area is 256 Å². The molecule has 228 valence electrons. The van der Waals surface area contributed by atoms with E-state index in [0.29, 0.717) is 39.9 Å². The van der Waals surface area contributed by atoms with Crippen molar-refractivity contribution in [1.29, 1.82) is 0 Å². The van der Waals surface area contributed by atoms with Gasteiger partial charge in [0.15, 0.2) is 5.65 Å². The van der Waals surface area contributed by atoms with Crippen molar-refractivity contribution in [3.8, 4) is 11.3 Å². The number of aromatic nitrogens is 5. The van der Waals surface area contributed by atoms with E-state index >= 15 is 0 Å². The number of nitrogen functional groups attached to an aromatic ring is 1. The van der Waals surface area contributed by atoms with E-state index in [1.54, 1.807) is 6.07 Å². The zero-order chi connectivity index (χ0) is 30.4. The quantitative estimate of drug-likeness (QED) is 0.230. The van der Waals surface area contributed by atoms with Crippen LogP contribution in [0.15, 0.2) is 54.9 Å². The predicted octanol–water partition coefficient (Wildman–Crippen LogP) is 4.21. The summed E-state index contributed by atoms with van der Waals surface area (Å²) in [6, 6.07) is 15.7. The summed E-state index contributed by atoms with van der Waals surface area (Å²) >= 11 is 0. The molecular formula is C33H39N9O2. The second-order valence-corrected chi connectivity index (χ2v) is 12.5. The van der Waals surface area contributed by atoms with Crippen LogP contribution in [-0.2, 0) is 12.1 Å². The monoisotopic (exact) mass is 593 g/mol. The van der Waals surface area contributed by atoms with Crippen LogP contribution in [0, 0.1) is 0 Å². The molecule has 1 amide bonds. The molecule has 1 saturated carbocycles. The van der Waals surface area contributed by atoms with Crippen molar-refractivity contribution in [3.63, 3.8) is 0 Å². The van der Waals surface area contributed by atoms with E-state index in [0.717, 1.165) is 74.0 Å². The van der Waals surface area contributed by atoms with Crippen LogP contribution in [-0.4, -0.2) is 84.8 Å². The number of carbonyl (C=O) groups is 1. The third-order valence-electron chi connectivity index (χ3n) is 9.66. The first-order valence-corrected chi connectivity index (χ1v) is 15.4. The molecule has 44 heavy (non-hydrogen) atoms. The van der Waals surface area contributed by atoms with Gasteiger partial charge < -0.3 is 26.0 Å². The molecule has 11 heteroatoms. The molecule has 7 rings (SSSR count). The van der Waals surface area contributed by atoms with Crippen LogP contribution in [0.4, 0.5) is 11.5 Å². The number of aliphatic hydroxyl groups is 1. The van der Waals surface area contributed by atoms with Gasteiger partial charge in [0.1, 0.15) is 23.5 Å². The van der Waals surface area contributed by atoms with Gasteiger partial charge in [0, 0.05) is 59.9 Å². The maximum atomic E-state index is 13.1. The molecule has 5 N–H and O–H groups in total. The van der Waals surface area contributed by atoms with Crippen LogP contribution in [0.25, 0.3) is 33.2 Å². The minimum atomic E-state index is -0.281. The van der Waals surface area contributed by atoms with E-state index < -0.39 is 0 Å². The highest BCUT2D eigenvalue weighted by Gasteiger charge is 2.38. The highest BCUT2D eigenvalue weighted by atomic mass is 16.3. The number of aromatic amines is 1. The molecule has 4 heterocycles. The van der Waals surface area contributed by atoms with E-state index in [9.17, 15) is 9.90 Å². The molecule has 2 fully saturated rings. The number of piperazine rings is 1. The zero-order valence-electron chi connectivity index (χ0n) is 25.3. The predicted molar refractivity (Wildman–Crippen MR) is 172 cm³/mol. The number of hydrogen-bond donors (Lipinski definition) is 4. The standard InChI is InChI=1S/C33H39N9O2/c1-33(11-9-24(10-12-33)41-15-13-40(2)14-16-41)42-31-28(30(34)35-20-36-31)29(39-42)22-7-8-26(23(17-22)19-43)38-32(44)27-18-21-5-3-4-6-25(21)37-27/h3-8,17-18,20,24,37,43H,9-16,19H2,1-2H3,(H,38,44)(H2,34,35,36). The number of para-hydroxylation sites is 1. The number of carbonyl (C=O) groups excluding carboxylic acids is 1. The number of aliphatic hydroxyl groups excluding tert-OH is 1. The number of anilines is 2. The van der Waals surface area contributed by atoms with Crippen LogP contribution in [0.2, 0.25) is 0 Å². The Morgan fingerprint density at radius 1 is 1.09 bits per heavy atom. The summed E-state index contributed by atoms with van der Waals surface area (Å²) in [5, 5.41) is 20.1. The van der Waals surface area contributed by atoms with Crippen molar-refractivity contribution in [3.05, 3.63) is 66.1 Å². The maximum absolute atomic E-state index is 13.1. The first kappa shape index (κ1) is 28.5. The molecule has 2 aromatic carbocycles. The van der Waals surface area contributed by atoms with Gasteiger partial charge in [-0.25, -0.2) is 14.6 Å². The minimum Gasteiger partial charge on any atom is -0.392 e. The number of fused-ring (bicyclic) bond motifs is 2. The Bertz CT molecular complexity index is 1790. The second-order valence-electron chi connectivity index (χ2n) is 12.5. The molecule has 1 aliphatic heterocycles. The molecule has 0 spiro atoms. The summed E-state index contributed by atoms with van der Waals surface area (Å²) in [5.41, 5.74) is 10.8. The van der Waals surface area contributed by atoms with Crippen molar-refractivity contribution in [2.75, 3.05) is 44.3 Å². The fraction of sp³-hybridized carbons (Fsp3) is 0.394. The summed E-state index contributed by atoms with van der Waals surface area (Å²) in [6.07, 6.45) is 5.70. The third kappa shape index (κ3) is 5.10. The number of amides is 1. The van der Waals surface area contributed by atoms with E-state index in [1.807, 2.05) is 42.5 Å². The largest absolute Gasteiger partial charge is 0.392 e. The average Bonchev–Trinajstić information content (AvgIpc) is 3.66. The number of nitrogens with one attached hydrogen (secondary N) is 2. The summed E-state index contributed by atoms with van der Waals surface area (Å²) < 4.78 is 2.06. The highest BCUT2D eigenvalue weighted by Crippen LogP contribution is 2.41. The van der Waals surface area contributed by atoms with Crippen LogP contribution >= 0.6 is 0 Å². The minimum absolute atomic E-state index is 0.215. The second kappa shape index (κ2) is 11.3. The number of nitrogens with two attached hydrogens (primary N) is 1. The Balaban J connectivity index is 1.17. The molecule has 5 aromatic rings. The normalized spacial score (nSPS) is 21.7. The molecule has 0 atom stereocenters. The zero-order valence-corrected chi connectivity index (χ0v) is 25.3. The molecule has 1 saturated heterocycles. The van der Waals surface area contributed by atoms with E-state index in [2.05, 4.69) is 48.7 Å². The van der Waals surface area contributed by atoms with Crippen molar-refractivity contribution in [1.82, 2.24) is 34.5 Å². The molecular weight excluding hydrogens is 554 g/mol. The van der Waals surface area contributed by atoms with Crippen LogP contribution in [0.5, 0.6) is 0 Å². The number of rotatable bonds is 6. The summed E-state index contributed by atoms with van der Waals surface area (Å²) in [4.78, 5) is 30.3. The van der Waals surface area contributed by atoms with Crippen molar-refractivity contribution < 1.29 is 9.90 Å². The Hall–Kier alpha value is -4.32. The van der Waals surface area contributed by atoms with Gasteiger partial charge in [0.05, 0.1) is 17.5 Å². The van der Waals surface area contributed by atoms with Crippen LogP contribution in [0.3, 0.4) is 0 Å². The van der Waals surface area contributed by atoms with Gasteiger partial charge in [-0.1, -0.05) is 24.3 Å². The van der Waals surface area contributed by atoms with Crippen LogP contribution < -0.4 is 11.1 Å². The van der Waals surface area contributed by atoms with E-state index in [-0.39, 0.29) is 18.1 Å². The number of H-pyrrole nitrogens is 1. The van der Waals surface area contributed by atoms with Crippen molar-refractivity contribution in [2.24, 2.45) is 0 Å². The van der Waals surface area contributed by atoms with Gasteiger partial charge in [-0.15, -0.1) is 0 Å².